The molecule has 1 heterocycles. The molecule has 4 nitrogen and oxygen atoms in total. The van der Waals surface area contributed by atoms with Crippen LogP contribution in [-0.2, 0) is 4.79 Å². The fourth-order valence-electron chi connectivity index (χ4n) is 3.23. The second-order valence-corrected chi connectivity index (χ2v) is 6.94. The lowest BCUT2D eigenvalue weighted by Crippen LogP contribution is -2.50. The van der Waals surface area contributed by atoms with Gasteiger partial charge < -0.3 is 10.0 Å². The van der Waals surface area contributed by atoms with E-state index in [0.29, 0.717) is 11.6 Å². The minimum atomic E-state index is -0.401. The molecule has 1 aliphatic heterocycles. The molecule has 1 aromatic carbocycles. The van der Waals surface area contributed by atoms with E-state index in [-0.39, 0.29) is 18.0 Å². The van der Waals surface area contributed by atoms with E-state index in [9.17, 15) is 9.90 Å². The van der Waals surface area contributed by atoms with Crippen LogP contribution in [0.15, 0.2) is 24.3 Å². The number of rotatable bonds is 5. The van der Waals surface area contributed by atoms with Crippen LogP contribution < -0.4 is 0 Å². The van der Waals surface area contributed by atoms with Gasteiger partial charge >= 0.3 is 0 Å². The Kier molecular flexibility index (Phi) is 6.45. The van der Waals surface area contributed by atoms with E-state index >= 15 is 0 Å². The van der Waals surface area contributed by atoms with E-state index in [4.69, 9.17) is 11.6 Å². The first-order valence-corrected chi connectivity index (χ1v) is 8.71. The standard InChI is InChI=1S/C18H27ClN2O2/c1-13(15-7-9-16(19)10-8-15)20(3)18(23)12-21-11-5-4-6-17(21)14(2)22/h7-10,13-14,17,22H,4-6,11-12H2,1-3H3. The molecule has 0 spiro atoms. The van der Waals surface area contributed by atoms with Gasteiger partial charge in [-0.15, -0.1) is 0 Å². The highest BCUT2D eigenvalue weighted by Crippen LogP contribution is 2.23. The van der Waals surface area contributed by atoms with Gasteiger partial charge in [0.15, 0.2) is 0 Å². The highest BCUT2D eigenvalue weighted by Gasteiger charge is 2.29. The van der Waals surface area contributed by atoms with Gasteiger partial charge in [0.05, 0.1) is 18.7 Å². The van der Waals surface area contributed by atoms with Gasteiger partial charge in [0.1, 0.15) is 0 Å². The van der Waals surface area contributed by atoms with Gasteiger partial charge in [0.2, 0.25) is 5.91 Å². The molecule has 128 valence electrons. The van der Waals surface area contributed by atoms with Gasteiger partial charge in [-0.05, 0) is 50.9 Å². The summed E-state index contributed by atoms with van der Waals surface area (Å²) in [4.78, 5) is 16.5. The van der Waals surface area contributed by atoms with Crippen LogP contribution in [0.2, 0.25) is 5.02 Å². The largest absolute Gasteiger partial charge is 0.392 e. The van der Waals surface area contributed by atoms with Crippen molar-refractivity contribution in [3.8, 4) is 0 Å². The Labute approximate surface area is 144 Å². The molecule has 1 fully saturated rings. The van der Waals surface area contributed by atoms with Crippen LogP contribution >= 0.6 is 11.6 Å². The van der Waals surface area contributed by atoms with Crippen LogP contribution in [0.5, 0.6) is 0 Å². The minimum absolute atomic E-state index is 0.00504. The van der Waals surface area contributed by atoms with Crippen molar-refractivity contribution in [2.24, 2.45) is 0 Å². The molecule has 1 amide bonds. The second-order valence-electron chi connectivity index (χ2n) is 6.51. The molecule has 1 saturated heterocycles. The summed E-state index contributed by atoms with van der Waals surface area (Å²) in [6, 6.07) is 7.69. The fraction of sp³-hybridized carbons (Fsp3) is 0.611. The van der Waals surface area contributed by atoms with E-state index in [0.717, 1.165) is 31.4 Å². The monoisotopic (exact) mass is 338 g/mol. The number of aliphatic hydroxyl groups excluding tert-OH is 1. The van der Waals surface area contributed by atoms with Crippen LogP contribution in [0.25, 0.3) is 0 Å². The number of halogens is 1. The summed E-state index contributed by atoms with van der Waals surface area (Å²) in [7, 11) is 1.84. The number of carbonyl (C=O) groups is 1. The molecule has 0 saturated carbocycles. The molecule has 1 aromatic rings. The lowest BCUT2D eigenvalue weighted by atomic mass is 9.98. The van der Waals surface area contributed by atoms with Gasteiger partial charge in [-0.1, -0.05) is 30.2 Å². The van der Waals surface area contributed by atoms with Crippen LogP contribution in [0.3, 0.4) is 0 Å². The molecule has 23 heavy (non-hydrogen) atoms. The number of hydrogen-bond acceptors (Lipinski definition) is 3. The van der Waals surface area contributed by atoms with E-state index < -0.39 is 6.10 Å². The Balaban J connectivity index is 1.99. The summed E-state index contributed by atoms with van der Waals surface area (Å²) < 4.78 is 0. The van der Waals surface area contributed by atoms with Gasteiger partial charge in [-0.2, -0.15) is 0 Å². The number of piperidine rings is 1. The van der Waals surface area contributed by atoms with Gasteiger partial charge in [0.25, 0.3) is 0 Å². The third-order valence-electron chi connectivity index (χ3n) is 4.89. The molecular formula is C18H27ClN2O2. The van der Waals surface area contributed by atoms with Crippen molar-refractivity contribution in [3.05, 3.63) is 34.9 Å². The van der Waals surface area contributed by atoms with Crippen molar-refractivity contribution >= 4 is 17.5 Å². The summed E-state index contributed by atoms with van der Waals surface area (Å²) in [5, 5.41) is 10.6. The number of likely N-dealkylation sites (tertiary alicyclic amines) is 1. The quantitative estimate of drug-likeness (QED) is 0.897. The van der Waals surface area contributed by atoms with Crippen molar-refractivity contribution in [1.29, 1.82) is 0 Å². The van der Waals surface area contributed by atoms with Crippen LogP contribution in [0.1, 0.15) is 44.7 Å². The Morgan fingerprint density at radius 1 is 1.35 bits per heavy atom. The van der Waals surface area contributed by atoms with Crippen LogP contribution in [-0.4, -0.2) is 53.1 Å². The van der Waals surface area contributed by atoms with Crippen LogP contribution in [0, 0.1) is 0 Å². The Bertz CT molecular complexity index is 518. The average Bonchev–Trinajstić information content (AvgIpc) is 2.54. The first kappa shape index (κ1) is 18.2. The van der Waals surface area contributed by atoms with Crippen molar-refractivity contribution in [1.82, 2.24) is 9.80 Å². The summed E-state index contributed by atoms with van der Waals surface area (Å²) in [5.41, 5.74) is 1.07. The number of amides is 1. The predicted octanol–water partition coefficient (Wildman–Crippen LogP) is 3.09. The van der Waals surface area contributed by atoms with Crippen LogP contribution in [0.4, 0.5) is 0 Å². The normalized spacial score (nSPS) is 21.7. The summed E-state index contributed by atoms with van der Waals surface area (Å²) in [6.45, 7) is 5.07. The third-order valence-corrected chi connectivity index (χ3v) is 5.14. The molecule has 0 aromatic heterocycles. The Hall–Kier alpha value is -1.10. The molecule has 1 N–H and O–H groups in total. The van der Waals surface area contributed by atoms with E-state index in [1.807, 2.05) is 45.2 Å². The van der Waals surface area contributed by atoms with Gasteiger partial charge in [0, 0.05) is 18.1 Å². The fourth-order valence-corrected chi connectivity index (χ4v) is 3.35. The number of benzene rings is 1. The molecule has 1 aliphatic rings. The number of carbonyl (C=O) groups excluding carboxylic acids is 1. The zero-order chi connectivity index (χ0) is 17.0. The van der Waals surface area contributed by atoms with Crippen molar-refractivity contribution < 1.29 is 9.90 Å². The number of aliphatic hydroxyl groups is 1. The molecule has 5 heteroatoms. The Morgan fingerprint density at radius 3 is 2.61 bits per heavy atom. The zero-order valence-corrected chi connectivity index (χ0v) is 15.0. The predicted molar refractivity (Wildman–Crippen MR) is 93.5 cm³/mol. The molecule has 3 atom stereocenters. The van der Waals surface area contributed by atoms with E-state index in [1.165, 1.54) is 0 Å². The summed E-state index contributed by atoms with van der Waals surface area (Å²) >= 11 is 5.92. The highest BCUT2D eigenvalue weighted by atomic mass is 35.5. The molecule has 0 aliphatic carbocycles. The highest BCUT2D eigenvalue weighted by molar-refractivity contribution is 6.30. The van der Waals surface area contributed by atoms with Crippen molar-refractivity contribution in [2.75, 3.05) is 20.1 Å². The molecule has 0 radical (unpaired) electrons. The summed E-state index contributed by atoms with van der Waals surface area (Å²) in [5.74, 6) is 0.0833. The zero-order valence-electron chi connectivity index (χ0n) is 14.2. The molecule has 0 bridgehead atoms. The smallest absolute Gasteiger partial charge is 0.237 e. The third kappa shape index (κ3) is 4.69. The van der Waals surface area contributed by atoms with E-state index in [2.05, 4.69) is 4.90 Å². The van der Waals surface area contributed by atoms with Gasteiger partial charge in [-0.3, -0.25) is 9.69 Å². The lowest BCUT2D eigenvalue weighted by Gasteiger charge is -2.38. The Morgan fingerprint density at radius 2 is 2.00 bits per heavy atom. The lowest BCUT2D eigenvalue weighted by molar-refractivity contribution is -0.134. The number of likely N-dealkylation sites (N-methyl/N-ethyl adjacent to an activating group) is 1. The van der Waals surface area contributed by atoms with Gasteiger partial charge in [-0.25, -0.2) is 0 Å². The van der Waals surface area contributed by atoms with Crippen molar-refractivity contribution in [2.45, 2.75) is 51.3 Å². The first-order valence-electron chi connectivity index (χ1n) is 8.33. The minimum Gasteiger partial charge on any atom is -0.392 e. The van der Waals surface area contributed by atoms with Crippen molar-refractivity contribution in [3.63, 3.8) is 0 Å². The molecule has 2 rings (SSSR count). The molecular weight excluding hydrogens is 312 g/mol. The summed E-state index contributed by atoms with van der Waals surface area (Å²) in [6.07, 6.45) is 2.77. The SMILES string of the molecule is CC(O)C1CCCCN1CC(=O)N(C)C(C)c1ccc(Cl)cc1. The first-order chi connectivity index (χ1) is 10.9. The maximum atomic E-state index is 12.6. The average molecular weight is 339 g/mol. The number of hydrogen-bond donors (Lipinski definition) is 1. The second kappa shape index (κ2) is 8.13. The maximum Gasteiger partial charge on any atom is 0.237 e. The topological polar surface area (TPSA) is 43.8 Å². The maximum absolute atomic E-state index is 12.6. The van der Waals surface area contributed by atoms with E-state index in [1.54, 1.807) is 4.90 Å². The molecule has 3 unspecified atom stereocenters. The number of nitrogens with zero attached hydrogens (tertiary/aromatic N) is 2.